The molecule has 1 aliphatic rings. The Morgan fingerprint density at radius 1 is 1.42 bits per heavy atom. The van der Waals surface area contributed by atoms with E-state index in [-0.39, 0.29) is 12.1 Å². The molecule has 0 aromatic carbocycles. The van der Waals surface area contributed by atoms with E-state index in [1.807, 2.05) is 23.2 Å². The third kappa shape index (κ3) is 5.51. The fourth-order valence-electron chi connectivity index (χ4n) is 2.96. The zero-order valence-corrected chi connectivity index (χ0v) is 16.0. The van der Waals surface area contributed by atoms with Crippen molar-refractivity contribution in [2.75, 3.05) is 19.6 Å². The summed E-state index contributed by atoms with van der Waals surface area (Å²) >= 11 is 1.69. The van der Waals surface area contributed by atoms with Crippen molar-refractivity contribution >= 4 is 17.4 Å². The van der Waals surface area contributed by atoms with E-state index in [0.29, 0.717) is 13.2 Å². The molecule has 3 rings (SSSR count). The lowest BCUT2D eigenvalue weighted by atomic mass is 10.1. The first kappa shape index (κ1) is 18.8. The second-order valence-electron chi connectivity index (χ2n) is 6.43. The zero-order valence-electron chi connectivity index (χ0n) is 15.2. The summed E-state index contributed by atoms with van der Waals surface area (Å²) in [4.78, 5) is 22.8. The first-order valence-electron chi connectivity index (χ1n) is 9.21. The molecule has 26 heavy (non-hydrogen) atoms. The minimum atomic E-state index is 0.0154. The van der Waals surface area contributed by atoms with Crippen LogP contribution in [-0.4, -0.2) is 46.6 Å². The highest BCUT2D eigenvalue weighted by molar-refractivity contribution is 7.09. The number of hydrogen-bond donors (Lipinski definition) is 1. The molecule has 0 unspecified atom stereocenters. The minimum absolute atomic E-state index is 0.0154. The van der Waals surface area contributed by atoms with Gasteiger partial charge in [-0.15, -0.1) is 11.3 Å². The lowest BCUT2D eigenvalue weighted by Gasteiger charge is -2.32. The average molecular weight is 375 g/mol. The van der Waals surface area contributed by atoms with Crippen LogP contribution in [0.1, 0.15) is 36.0 Å². The number of rotatable bonds is 7. The van der Waals surface area contributed by atoms with E-state index in [1.54, 1.807) is 17.5 Å². The summed E-state index contributed by atoms with van der Waals surface area (Å²) in [7, 11) is 0. The smallest absolute Gasteiger partial charge is 0.317 e. The minimum Gasteiger partial charge on any atom is -0.373 e. The van der Waals surface area contributed by atoms with Crippen LogP contribution in [0, 0.1) is 0 Å². The number of likely N-dealkylation sites (tertiary alicyclic amines) is 1. The van der Waals surface area contributed by atoms with Crippen LogP contribution in [0.4, 0.5) is 4.79 Å². The van der Waals surface area contributed by atoms with Crippen molar-refractivity contribution in [3.05, 3.63) is 46.2 Å². The summed E-state index contributed by atoms with van der Waals surface area (Å²) in [6, 6.07) is 3.95. The largest absolute Gasteiger partial charge is 0.373 e. The van der Waals surface area contributed by atoms with Gasteiger partial charge < -0.3 is 15.0 Å². The summed E-state index contributed by atoms with van der Waals surface area (Å²) in [6.07, 6.45) is 7.30. The van der Waals surface area contributed by atoms with Crippen LogP contribution in [0.2, 0.25) is 0 Å². The molecular weight excluding hydrogens is 348 g/mol. The molecule has 1 aliphatic heterocycles. The van der Waals surface area contributed by atoms with E-state index in [1.165, 1.54) is 0 Å². The number of hydrogen-bond acceptors (Lipinski definition) is 5. The van der Waals surface area contributed by atoms with Crippen molar-refractivity contribution < 1.29 is 9.53 Å². The van der Waals surface area contributed by atoms with Crippen molar-refractivity contribution in [1.82, 2.24) is 20.2 Å². The van der Waals surface area contributed by atoms with Crippen molar-refractivity contribution in [2.24, 2.45) is 0 Å². The Morgan fingerprint density at radius 2 is 2.27 bits per heavy atom. The Kier molecular flexibility index (Phi) is 6.96. The molecule has 0 bridgehead atoms. The Bertz CT molecular complexity index is 684. The van der Waals surface area contributed by atoms with Crippen LogP contribution < -0.4 is 5.32 Å². The van der Waals surface area contributed by atoms with E-state index in [0.717, 1.165) is 55.0 Å². The summed E-state index contributed by atoms with van der Waals surface area (Å²) < 4.78 is 5.94. The second-order valence-corrected chi connectivity index (χ2v) is 7.37. The summed E-state index contributed by atoms with van der Waals surface area (Å²) in [6.45, 7) is 4.79. The van der Waals surface area contributed by atoms with E-state index >= 15 is 0 Å². The molecule has 6 nitrogen and oxygen atoms in total. The van der Waals surface area contributed by atoms with E-state index in [2.05, 4.69) is 27.6 Å². The number of pyridine rings is 1. The molecule has 1 fully saturated rings. The molecule has 1 N–H and O–H groups in total. The Morgan fingerprint density at radius 3 is 2.96 bits per heavy atom. The molecule has 3 heterocycles. The van der Waals surface area contributed by atoms with Gasteiger partial charge in [-0.3, -0.25) is 4.98 Å². The molecule has 0 aliphatic carbocycles. The SMILES string of the molecule is CCc1nc(CCNC(=O)N2CCC(OCc3cccnc3)CC2)cs1. The van der Waals surface area contributed by atoms with Gasteiger partial charge in [0.25, 0.3) is 0 Å². The number of amides is 2. The van der Waals surface area contributed by atoms with Gasteiger partial charge in [-0.25, -0.2) is 9.78 Å². The Balaban J connectivity index is 1.32. The number of carbonyl (C=O) groups is 1. The first-order valence-corrected chi connectivity index (χ1v) is 10.1. The first-order chi connectivity index (χ1) is 12.7. The fourth-order valence-corrected chi connectivity index (χ4v) is 3.74. The average Bonchev–Trinajstić information content (AvgIpc) is 3.15. The van der Waals surface area contributed by atoms with E-state index in [4.69, 9.17) is 4.74 Å². The maximum absolute atomic E-state index is 12.3. The predicted molar refractivity (Wildman–Crippen MR) is 102 cm³/mol. The molecule has 0 radical (unpaired) electrons. The van der Waals surface area contributed by atoms with Gasteiger partial charge >= 0.3 is 6.03 Å². The second kappa shape index (κ2) is 9.64. The van der Waals surface area contributed by atoms with Gasteiger partial charge in [0.05, 0.1) is 23.4 Å². The monoisotopic (exact) mass is 374 g/mol. The van der Waals surface area contributed by atoms with Gasteiger partial charge in [0.1, 0.15) is 0 Å². The number of urea groups is 1. The lowest BCUT2D eigenvalue weighted by Crippen LogP contribution is -2.46. The Labute approximate surface area is 158 Å². The normalized spacial score (nSPS) is 15.2. The van der Waals surface area contributed by atoms with Crippen LogP contribution in [0.3, 0.4) is 0 Å². The number of aryl methyl sites for hydroxylation is 1. The van der Waals surface area contributed by atoms with Gasteiger partial charge in [-0.2, -0.15) is 0 Å². The molecular formula is C19H26N4O2S. The number of nitrogens with one attached hydrogen (secondary N) is 1. The quantitative estimate of drug-likeness (QED) is 0.809. The van der Waals surface area contributed by atoms with Gasteiger partial charge in [0, 0.05) is 43.8 Å². The van der Waals surface area contributed by atoms with Crippen molar-refractivity contribution in [2.45, 2.75) is 45.3 Å². The van der Waals surface area contributed by atoms with E-state index < -0.39 is 0 Å². The Hall–Kier alpha value is -1.99. The van der Waals surface area contributed by atoms with Crippen LogP contribution in [-0.2, 0) is 24.2 Å². The summed E-state index contributed by atoms with van der Waals surface area (Å²) in [5.41, 5.74) is 2.15. The molecule has 2 aromatic heterocycles. The molecule has 2 aromatic rings. The van der Waals surface area contributed by atoms with Crippen molar-refractivity contribution in [3.8, 4) is 0 Å². The van der Waals surface area contributed by atoms with Crippen molar-refractivity contribution in [1.29, 1.82) is 0 Å². The molecule has 0 spiro atoms. The predicted octanol–water partition coefficient (Wildman–Crippen LogP) is 3.03. The van der Waals surface area contributed by atoms with Crippen LogP contribution in [0.5, 0.6) is 0 Å². The van der Waals surface area contributed by atoms with E-state index in [9.17, 15) is 4.79 Å². The molecule has 1 saturated heterocycles. The number of carbonyl (C=O) groups excluding carboxylic acids is 1. The van der Waals surface area contributed by atoms with Gasteiger partial charge in [0.2, 0.25) is 0 Å². The number of thiazole rings is 1. The van der Waals surface area contributed by atoms with Crippen LogP contribution in [0.25, 0.3) is 0 Å². The van der Waals surface area contributed by atoms with Gasteiger partial charge in [0.15, 0.2) is 0 Å². The third-order valence-electron chi connectivity index (χ3n) is 4.50. The highest BCUT2D eigenvalue weighted by Crippen LogP contribution is 2.16. The molecule has 0 saturated carbocycles. The number of nitrogens with zero attached hydrogens (tertiary/aromatic N) is 3. The highest BCUT2D eigenvalue weighted by Gasteiger charge is 2.23. The molecule has 2 amide bonds. The topological polar surface area (TPSA) is 67.4 Å². The summed E-state index contributed by atoms with van der Waals surface area (Å²) in [5, 5.41) is 6.24. The number of aromatic nitrogens is 2. The van der Waals surface area contributed by atoms with Gasteiger partial charge in [-0.05, 0) is 30.9 Å². The number of ether oxygens (including phenoxy) is 1. The number of piperidine rings is 1. The van der Waals surface area contributed by atoms with Crippen LogP contribution >= 0.6 is 11.3 Å². The molecule has 140 valence electrons. The maximum Gasteiger partial charge on any atom is 0.317 e. The standard InChI is InChI=1S/C19H26N4O2S/c1-2-18-22-16(14-26-18)5-9-21-19(24)23-10-6-17(7-11-23)25-13-15-4-3-8-20-12-15/h3-4,8,12,14,17H,2,5-7,9-11,13H2,1H3,(H,21,24). The molecule has 0 atom stereocenters. The zero-order chi connectivity index (χ0) is 18.2. The third-order valence-corrected chi connectivity index (χ3v) is 5.54. The lowest BCUT2D eigenvalue weighted by molar-refractivity contribution is 0.00438. The van der Waals surface area contributed by atoms with Crippen LogP contribution in [0.15, 0.2) is 29.9 Å². The molecule has 7 heteroatoms. The fraction of sp³-hybridized carbons (Fsp3) is 0.526. The van der Waals surface area contributed by atoms with Gasteiger partial charge in [-0.1, -0.05) is 13.0 Å². The highest BCUT2D eigenvalue weighted by atomic mass is 32.1. The maximum atomic E-state index is 12.3. The summed E-state index contributed by atoms with van der Waals surface area (Å²) in [5.74, 6) is 0. The van der Waals surface area contributed by atoms with Crippen molar-refractivity contribution in [3.63, 3.8) is 0 Å².